The number of carbonyl (C=O) groups is 1. The highest BCUT2D eigenvalue weighted by atomic mass is 32.1. The minimum Gasteiger partial charge on any atom is -0.427 e. The lowest BCUT2D eigenvalue weighted by molar-refractivity contribution is -0.468. The first kappa shape index (κ1) is 21.8. The normalized spacial score (nSPS) is 11.2. The lowest BCUT2D eigenvalue weighted by atomic mass is 10.2. The third-order valence-corrected chi connectivity index (χ3v) is 3.62. The van der Waals surface area contributed by atoms with E-state index in [0.717, 1.165) is 5.01 Å². The number of allylic oxidation sites excluding steroid dienone is 2. The van der Waals surface area contributed by atoms with Crippen molar-refractivity contribution < 1.29 is 19.2 Å². The van der Waals surface area contributed by atoms with Crippen LogP contribution >= 0.6 is 11.3 Å². The van der Waals surface area contributed by atoms with Crippen LogP contribution in [0.1, 0.15) is 51.2 Å². The number of aromatic nitrogens is 1. The number of nitro groups is 1. The summed E-state index contributed by atoms with van der Waals surface area (Å²) >= 11 is 1.51. The SMILES string of the molecule is C/C=C(\C=C/C[N+](=O)[O-])OC(=O)OCc1csc(C(C)C)n1.CC. The van der Waals surface area contributed by atoms with Crippen molar-refractivity contribution in [3.63, 3.8) is 0 Å². The summed E-state index contributed by atoms with van der Waals surface area (Å²) in [4.78, 5) is 25.6. The van der Waals surface area contributed by atoms with Crippen LogP contribution in [0.2, 0.25) is 0 Å². The largest absolute Gasteiger partial charge is 0.514 e. The maximum absolute atomic E-state index is 11.5. The predicted molar refractivity (Wildman–Crippen MR) is 93.6 cm³/mol. The van der Waals surface area contributed by atoms with Crippen molar-refractivity contribution in [1.82, 2.24) is 4.98 Å². The topological polar surface area (TPSA) is 91.6 Å². The first-order valence-electron chi connectivity index (χ1n) is 7.66. The fraction of sp³-hybridized carbons (Fsp3) is 0.500. The Morgan fingerprint density at radius 3 is 2.62 bits per heavy atom. The molecule has 0 spiro atoms. The molecule has 1 aromatic rings. The summed E-state index contributed by atoms with van der Waals surface area (Å²) in [5, 5.41) is 13.0. The Morgan fingerprint density at radius 1 is 1.46 bits per heavy atom. The van der Waals surface area contributed by atoms with E-state index in [-0.39, 0.29) is 18.9 Å². The molecule has 134 valence electrons. The van der Waals surface area contributed by atoms with Crippen molar-refractivity contribution in [3.8, 4) is 0 Å². The summed E-state index contributed by atoms with van der Waals surface area (Å²) in [6, 6.07) is 0. The zero-order chi connectivity index (χ0) is 18.5. The molecule has 0 radical (unpaired) electrons. The molecule has 24 heavy (non-hydrogen) atoms. The van der Waals surface area contributed by atoms with Crippen molar-refractivity contribution >= 4 is 17.5 Å². The third kappa shape index (κ3) is 9.04. The fourth-order valence-corrected chi connectivity index (χ4v) is 2.18. The van der Waals surface area contributed by atoms with Crippen LogP contribution in [0.3, 0.4) is 0 Å². The Morgan fingerprint density at radius 2 is 2.12 bits per heavy atom. The molecular weight excluding hydrogens is 332 g/mol. The highest BCUT2D eigenvalue weighted by Crippen LogP contribution is 2.19. The van der Waals surface area contributed by atoms with E-state index < -0.39 is 11.1 Å². The Balaban J connectivity index is 0.00000254. The number of rotatable bonds is 7. The molecule has 0 unspecified atom stereocenters. The summed E-state index contributed by atoms with van der Waals surface area (Å²) in [5.41, 5.74) is 0.663. The van der Waals surface area contributed by atoms with Crippen LogP contribution in [0.15, 0.2) is 29.4 Å². The summed E-state index contributed by atoms with van der Waals surface area (Å²) in [6.45, 7) is 9.40. The van der Waals surface area contributed by atoms with Gasteiger partial charge in [0.15, 0.2) is 0 Å². The monoisotopic (exact) mass is 356 g/mol. The molecule has 1 aromatic heterocycles. The Labute approximate surface area is 146 Å². The zero-order valence-electron chi connectivity index (χ0n) is 14.6. The summed E-state index contributed by atoms with van der Waals surface area (Å²) < 4.78 is 9.88. The molecule has 0 bridgehead atoms. The number of hydrogen-bond acceptors (Lipinski definition) is 7. The van der Waals surface area contributed by atoms with E-state index in [1.165, 1.54) is 29.6 Å². The van der Waals surface area contributed by atoms with Crippen LogP contribution in [0, 0.1) is 10.1 Å². The van der Waals surface area contributed by atoms with Gasteiger partial charge in [0.1, 0.15) is 12.4 Å². The lowest BCUT2D eigenvalue weighted by Crippen LogP contribution is -2.07. The van der Waals surface area contributed by atoms with Crippen LogP contribution in [0.25, 0.3) is 0 Å². The fourth-order valence-electron chi connectivity index (χ4n) is 1.36. The number of ether oxygens (including phenoxy) is 2. The van der Waals surface area contributed by atoms with E-state index >= 15 is 0 Å². The molecule has 0 atom stereocenters. The van der Waals surface area contributed by atoms with Gasteiger partial charge in [0.2, 0.25) is 6.54 Å². The molecule has 8 heteroatoms. The van der Waals surface area contributed by atoms with Crippen molar-refractivity contribution in [1.29, 1.82) is 0 Å². The molecule has 0 aliphatic rings. The molecule has 7 nitrogen and oxygen atoms in total. The Hall–Kier alpha value is -2.22. The molecule has 0 saturated carbocycles. The van der Waals surface area contributed by atoms with Gasteiger partial charge in [-0.15, -0.1) is 11.3 Å². The number of nitrogens with zero attached hydrogens (tertiary/aromatic N) is 2. The summed E-state index contributed by atoms with van der Waals surface area (Å²) in [7, 11) is 0. The minimum atomic E-state index is -0.877. The highest BCUT2D eigenvalue weighted by molar-refractivity contribution is 7.09. The molecular formula is C16H24N2O5S. The van der Waals surface area contributed by atoms with Gasteiger partial charge in [-0.1, -0.05) is 27.7 Å². The van der Waals surface area contributed by atoms with E-state index in [1.54, 1.807) is 6.92 Å². The minimum absolute atomic E-state index is 0.0255. The van der Waals surface area contributed by atoms with Crippen molar-refractivity contribution in [2.45, 2.75) is 47.1 Å². The van der Waals surface area contributed by atoms with E-state index in [0.29, 0.717) is 11.6 Å². The van der Waals surface area contributed by atoms with Crippen LogP contribution in [0.5, 0.6) is 0 Å². The molecule has 0 fully saturated rings. The molecule has 0 aliphatic heterocycles. The van der Waals surface area contributed by atoms with Crippen molar-refractivity contribution in [3.05, 3.63) is 50.2 Å². The number of carbonyl (C=O) groups excluding carboxylic acids is 1. The molecule has 0 saturated heterocycles. The molecule has 0 aromatic carbocycles. The van der Waals surface area contributed by atoms with E-state index in [9.17, 15) is 14.9 Å². The first-order chi connectivity index (χ1) is 11.4. The second-order valence-electron chi connectivity index (χ2n) is 4.58. The zero-order valence-corrected chi connectivity index (χ0v) is 15.5. The van der Waals surface area contributed by atoms with E-state index in [2.05, 4.69) is 4.98 Å². The van der Waals surface area contributed by atoms with Gasteiger partial charge in [-0.25, -0.2) is 9.78 Å². The maximum Gasteiger partial charge on any atom is 0.514 e. The molecule has 1 heterocycles. The number of hydrogen-bond donors (Lipinski definition) is 0. The van der Waals surface area contributed by atoms with Gasteiger partial charge in [-0.2, -0.15) is 0 Å². The quantitative estimate of drug-likeness (QED) is 0.231. The van der Waals surface area contributed by atoms with Gasteiger partial charge in [0.05, 0.1) is 10.7 Å². The van der Waals surface area contributed by atoms with Gasteiger partial charge in [-0.05, 0) is 25.2 Å². The van der Waals surface area contributed by atoms with Crippen LogP contribution < -0.4 is 0 Å². The second-order valence-corrected chi connectivity index (χ2v) is 5.47. The van der Waals surface area contributed by atoms with Crippen LogP contribution in [-0.4, -0.2) is 22.6 Å². The van der Waals surface area contributed by atoms with Gasteiger partial charge >= 0.3 is 6.16 Å². The Kier molecular flexibility index (Phi) is 11.1. The van der Waals surface area contributed by atoms with Gasteiger partial charge < -0.3 is 9.47 Å². The second kappa shape index (κ2) is 12.2. The summed E-state index contributed by atoms with van der Waals surface area (Å²) in [6.07, 6.45) is 3.28. The number of thiazole rings is 1. The highest BCUT2D eigenvalue weighted by Gasteiger charge is 2.10. The average molecular weight is 356 g/mol. The van der Waals surface area contributed by atoms with E-state index in [1.807, 2.05) is 33.1 Å². The smallest absolute Gasteiger partial charge is 0.427 e. The van der Waals surface area contributed by atoms with Gasteiger partial charge in [0, 0.05) is 16.2 Å². The van der Waals surface area contributed by atoms with E-state index in [4.69, 9.17) is 9.47 Å². The van der Waals surface area contributed by atoms with Gasteiger partial charge in [-0.3, -0.25) is 10.1 Å². The predicted octanol–water partition coefficient (Wildman–Crippen LogP) is 4.68. The first-order valence-corrected chi connectivity index (χ1v) is 8.54. The van der Waals surface area contributed by atoms with Crippen LogP contribution in [-0.2, 0) is 16.1 Å². The Bertz CT molecular complexity index is 579. The summed E-state index contributed by atoms with van der Waals surface area (Å²) in [5.74, 6) is 0.514. The lowest BCUT2D eigenvalue weighted by Gasteiger charge is -2.05. The maximum atomic E-state index is 11.5. The van der Waals surface area contributed by atoms with Crippen molar-refractivity contribution in [2.75, 3.05) is 6.54 Å². The molecule has 0 aliphatic carbocycles. The van der Waals surface area contributed by atoms with Gasteiger partial charge in [0.25, 0.3) is 0 Å². The standard InChI is InChI=1S/C14H18N2O5S.C2H6/c1-4-12(6-5-7-16(18)19)21-14(17)20-8-11-9-22-13(15-11)10(2)3;1-2/h4-6,9-10H,7-8H2,1-3H3;1-2H3/b6-5-,12-4+;. The van der Waals surface area contributed by atoms with Crippen molar-refractivity contribution in [2.24, 2.45) is 0 Å². The average Bonchev–Trinajstić information content (AvgIpc) is 3.03. The third-order valence-electron chi connectivity index (χ3n) is 2.42. The molecule has 1 rings (SSSR count). The van der Waals surface area contributed by atoms with Crippen LogP contribution in [0.4, 0.5) is 4.79 Å². The molecule has 0 amide bonds. The molecule has 0 N–H and O–H groups in total.